The zero-order valence-electron chi connectivity index (χ0n) is 17.8. The van der Waals surface area contributed by atoms with Crippen LogP contribution in [0.5, 0.6) is 11.8 Å². The molecule has 1 amide bonds. The number of nitrogens with zero attached hydrogens (tertiary/aromatic N) is 5. The number of amides is 1. The fourth-order valence-corrected chi connectivity index (χ4v) is 3.30. The summed E-state index contributed by atoms with van der Waals surface area (Å²) in [6.45, 7) is -0.107. The zero-order valence-corrected chi connectivity index (χ0v) is 18.5. The average molecular weight is 495 g/mol. The standard InChI is InChI=1S/C22H16ClFN8O3/c23-22-28-17(10-19(29-22)35-32-18-4-2-1-3-16(18)30-31-32)21(33)27-14-5-6-15(24)13(9-14)12-34-20-11-25-7-8-26-20/h1-11,30-31H,12H2,(H,27,33). The highest BCUT2D eigenvalue weighted by Gasteiger charge is 2.21. The molecule has 1 aliphatic heterocycles. The molecule has 3 N–H and O–H groups in total. The quantitative estimate of drug-likeness (QED) is 0.328. The highest BCUT2D eigenvalue weighted by molar-refractivity contribution is 6.28. The molecule has 11 nitrogen and oxygen atoms in total. The molecule has 0 aliphatic carbocycles. The molecule has 35 heavy (non-hydrogen) atoms. The number of benzene rings is 2. The number of hydrogen-bond acceptors (Lipinski definition) is 10. The zero-order chi connectivity index (χ0) is 24.2. The number of rotatable bonds is 7. The van der Waals surface area contributed by atoms with Gasteiger partial charge in [-0.2, -0.15) is 4.98 Å². The van der Waals surface area contributed by atoms with Crippen LogP contribution in [0.25, 0.3) is 0 Å². The van der Waals surface area contributed by atoms with Crippen molar-refractivity contribution in [3.63, 3.8) is 0 Å². The number of para-hydroxylation sites is 2. The van der Waals surface area contributed by atoms with Crippen molar-refractivity contribution in [2.75, 3.05) is 15.9 Å². The predicted molar refractivity (Wildman–Crippen MR) is 124 cm³/mol. The SMILES string of the molecule is O=C(Nc1ccc(F)c(COc2cnccn2)c1)c1cc(ON2NNc3ccccc32)nc(Cl)n1. The Morgan fingerprint density at radius 3 is 2.86 bits per heavy atom. The van der Waals surface area contributed by atoms with Gasteiger partial charge < -0.3 is 14.9 Å². The van der Waals surface area contributed by atoms with E-state index in [4.69, 9.17) is 21.2 Å². The fourth-order valence-electron chi connectivity index (χ4n) is 3.12. The molecule has 0 unspecified atom stereocenters. The minimum atomic E-state index is -0.598. The first-order chi connectivity index (χ1) is 17.0. The average Bonchev–Trinajstić information content (AvgIpc) is 3.27. The number of hydrazine groups is 2. The van der Waals surface area contributed by atoms with Gasteiger partial charge in [-0.15, -0.1) is 10.7 Å². The Kier molecular flexibility index (Phi) is 6.20. The minimum absolute atomic E-state index is 0.0262. The van der Waals surface area contributed by atoms with Crippen LogP contribution in [-0.2, 0) is 6.61 Å². The first kappa shape index (κ1) is 22.3. The van der Waals surface area contributed by atoms with Gasteiger partial charge in [-0.1, -0.05) is 12.1 Å². The Morgan fingerprint density at radius 2 is 2.00 bits per heavy atom. The second kappa shape index (κ2) is 9.75. The van der Waals surface area contributed by atoms with E-state index in [1.807, 2.05) is 24.3 Å². The number of anilines is 3. The van der Waals surface area contributed by atoms with Crippen LogP contribution in [0.2, 0.25) is 5.28 Å². The second-order valence-corrected chi connectivity index (χ2v) is 7.43. The molecule has 5 rings (SSSR count). The molecule has 0 spiro atoms. The van der Waals surface area contributed by atoms with Gasteiger partial charge in [0.15, 0.2) is 0 Å². The van der Waals surface area contributed by atoms with Gasteiger partial charge in [-0.25, -0.2) is 14.4 Å². The van der Waals surface area contributed by atoms with E-state index in [0.29, 0.717) is 11.4 Å². The molecule has 4 aromatic rings. The van der Waals surface area contributed by atoms with Gasteiger partial charge in [0.05, 0.1) is 11.9 Å². The van der Waals surface area contributed by atoms with Crippen LogP contribution < -0.4 is 31.0 Å². The summed E-state index contributed by atoms with van der Waals surface area (Å²) in [5.41, 5.74) is 7.73. The highest BCUT2D eigenvalue weighted by Crippen LogP contribution is 2.29. The van der Waals surface area contributed by atoms with Crippen molar-refractivity contribution in [1.29, 1.82) is 0 Å². The Balaban J connectivity index is 1.29. The largest absolute Gasteiger partial charge is 0.472 e. The smallest absolute Gasteiger partial charge is 0.274 e. The Hall–Kier alpha value is -4.55. The van der Waals surface area contributed by atoms with Crippen molar-refractivity contribution in [2.45, 2.75) is 6.61 Å². The van der Waals surface area contributed by atoms with E-state index in [1.165, 1.54) is 48.0 Å². The third-order valence-corrected chi connectivity index (χ3v) is 4.90. The maximum absolute atomic E-state index is 14.2. The van der Waals surface area contributed by atoms with Crippen molar-refractivity contribution in [2.24, 2.45) is 0 Å². The van der Waals surface area contributed by atoms with Crippen LogP contribution in [-0.4, -0.2) is 25.8 Å². The third-order valence-electron chi connectivity index (χ3n) is 4.73. The first-order valence-corrected chi connectivity index (χ1v) is 10.5. The lowest BCUT2D eigenvalue weighted by atomic mass is 10.2. The molecular weight excluding hydrogens is 479 g/mol. The molecule has 2 aromatic heterocycles. The van der Waals surface area contributed by atoms with E-state index < -0.39 is 11.7 Å². The number of carbonyl (C=O) groups is 1. The summed E-state index contributed by atoms with van der Waals surface area (Å²) in [6.07, 6.45) is 4.37. The third kappa shape index (κ3) is 5.18. The lowest BCUT2D eigenvalue weighted by molar-refractivity contribution is 0.102. The lowest BCUT2D eigenvalue weighted by Crippen LogP contribution is -2.39. The number of nitrogens with one attached hydrogen (secondary N) is 3. The van der Waals surface area contributed by atoms with Crippen LogP contribution >= 0.6 is 11.6 Å². The van der Waals surface area contributed by atoms with E-state index in [9.17, 15) is 9.18 Å². The van der Waals surface area contributed by atoms with E-state index in [2.05, 4.69) is 36.2 Å². The topological polar surface area (TPSA) is 126 Å². The van der Waals surface area contributed by atoms with Crippen molar-refractivity contribution >= 4 is 34.6 Å². The van der Waals surface area contributed by atoms with Crippen LogP contribution in [0.3, 0.4) is 0 Å². The van der Waals surface area contributed by atoms with E-state index >= 15 is 0 Å². The molecule has 1 aliphatic rings. The van der Waals surface area contributed by atoms with Gasteiger partial charge in [-0.05, 0) is 41.9 Å². The summed E-state index contributed by atoms with van der Waals surface area (Å²) in [4.78, 5) is 34.3. The second-order valence-electron chi connectivity index (χ2n) is 7.09. The number of carbonyl (C=O) groups excluding carboxylic acids is 1. The molecule has 0 atom stereocenters. The molecule has 13 heteroatoms. The summed E-state index contributed by atoms with van der Waals surface area (Å²) in [6, 6.07) is 12.8. The molecule has 0 saturated heterocycles. The molecule has 0 bridgehead atoms. The normalized spacial score (nSPS) is 12.0. The monoisotopic (exact) mass is 494 g/mol. The lowest BCUT2D eigenvalue weighted by Gasteiger charge is -2.17. The molecule has 176 valence electrons. The summed E-state index contributed by atoms with van der Waals surface area (Å²) in [5.74, 6) is -0.827. The summed E-state index contributed by atoms with van der Waals surface area (Å²) in [7, 11) is 0. The number of aromatic nitrogens is 4. The molecule has 0 radical (unpaired) electrons. The van der Waals surface area contributed by atoms with Gasteiger partial charge in [0.2, 0.25) is 11.2 Å². The van der Waals surface area contributed by atoms with Crippen molar-refractivity contribution in [1.82, 2.24) is 25.5 Å². The van der Waals surface area contributed by atoms with Crippen LogP contribution in [0.15, 0.2) is 67.1 Å². The predicted octanol–water partition coefficient (Wildman–Crippen LogP) is 3.54. The number of halogens is 2. The van der Waals surface area contributed by atoms with Crippen LogP contribution in [0, 0.1) is 5.82 Å². The van der Waals surface area contributed by atoms with Crippen molar-refractivity contribution < 1.29 is 18.8 Å². The van der Waals surface area contributed by atoms with Crippen molar-refractivity contribution in [3.05, 3.63) is 89.5 Å². The van der Waals surface area contributed by atoms with E-state index in [-0.39, 0.29) is 34.9 Å². The molecule has 0 saturated carbocycles. The Morgan fingerprint density at radius 1 is 1.11 bits per heavy atom. The highest BCUT2D eigenvalue weighted by atomic mass is 35.5. The molecule has 2 aromatic carbocycles. The van der Waals surface area contributed by atoms with Gasteiger partial charge in [0.1, 0.15) is 23.8 Å². The van der Waals surface area contributed by atoms with Crippen molar-refractivity contribution in [3.8, 4) is 11.8 Å². The van der Waals surface area contributed by atoms with Gasteiger partial charge in [0, 0.05) is 29.7 Å². The van der Waals surface area contributed by atoms with Gasteiger partial charge >= 0.3 is 0 Å². The van der Waals surface area contributed by atoms with Gasteiger partial charge in [-0.3, -0.25) is 15.2 Å². The number of fused-ring (bicyclic) bond motifs is 1. The first-order valence-electron chi connectivity index (χ1n) is 10.2. The summed E-state index contributed by atoms with van der Waals surface area (Å²) < 4.78 is 19.7. The molecule has 3 heterocycles. The Bertz CT molecular complexity index is 1380. The summed E-state index contributed by atoms with van der Waals surface area (Å²) in [5, 5.41) is 3.80. The Labute approximate surface area is 202 Å². The van der Waals surface area contributed by atoms with Crippen LogP contribution in [0.1, 0.15) is 16.1 Å². The molecule has 0 fully saturated rings. The van der Waals surface area contributed by atoms with Crippen LogP contribution in [0.4, 0.5) is 21.5 Å². The minimum Gasteiger partial charge on any atom is -0.472 e. The number of hydrogen-bond donors (Lipinski definition) is 3. The maximum Gasteiger partial charge on any atom is 0.274 e. The number of ether oxygens (including phenoxy) is 1. The summed E-state index contributed by atoms with van der Waals surface area (Å²) >= 11 is 6.01. The fraction of sp³-hybridized carbons (Fsp3) is 0.0455. The van der Waals surface area contributed by atoms with E-state index in [1.54, 1.807) is 0 Å². The maximum atomic E-state index is 14.2. The van der Waals surface area contributed by atoms with Gasteiger partial charge in [0.25, 0.3) is 11.8 Å². The molecular formula is C22H16ClFN8O3. The van der Waals surface area contributed by atoms with E-state index in [0.717, 1.165) is 5.69 Å².